The van der Waals surface area contributed by atoms with Gasteiger partial charge in [-0.1, -0.05) is 19.4 Å². The second-order valence-corrected chi connectivity index (χ2v) is 9.29. The molecule has 142 valence electrons. The number of fused-ring (bicyclic) bond motifs is 3. The molecule has 0 amide bonds. The quantitative estimate of drug-likeness (QED) is 0.620. The van der Waals surface area contributed by atoms with Crippen molar-refractivity contribution < 1.29 is 19.4 Å². The first kappa shape index (κ1) is 18.9. The molecule has 0 unspecified atom stereocenters. The predicted molar refractivity (Wildman–Crippen MR) is 97.0 cm³/mol. The van der Waals surface area contributed by atoms with Gasteiger partial charge in [0.2, 0.25) is 0 Å². The maximum atomic E-state index is 12.6. The molecule has 0 aromatic carbocycles. The Kier molecular flexibility index (Phi) is 4.61. The number of hydrogen-bond acceptors (Lipinski definition) is 4. The molecule has 1 N–H and O–H groups in total. The molecule has 3 fully saturated rings. The van der Waals surface area contributed by atoms with E-state index in [0.717, 1.165) is 44.9 Å². The van der Waals surface area contributed by atoms with Gasteiger partial charge in [-0.05, 0) is 69.6 Å². The van der Waals surface area contributed by atoms with Crippen molar-refractivity contribution in [1.29, 1.82) is 0 Å². The number of carbonyl (C=O) groups is 1. The summed E-state index contributed by atoms with van der Waals surface area (Å²) in [5.41, 5.74) is -1.21. The van der Waals surface area contributed by atoms with Gasteiger partial charge in [0, 0.05) is 0 Å². The largest absolute Gasteiger partial charge is 0.469 e. The lowest BCUT2D eigenvalue weighted by Gasteiger charge is -2.65. The molecule has 6 atom stereocenters. The maximum absolute atomic E-state index is 12.6. The van der Waals surface area contributed by atoms with Crippen molar-refractivity contribution in [1.82, 2.24) is 0 Å². The third-order valence-corrected chi connectivity index (χ3v) is 8.02. The molecule has 1 saturated heterocycles. The minimum atomic E-state index is -0.616. The van der Waals surface area contributed by atoms with Crippen LogP contribution in [-0.4, -0.2) is 36.0 Å². The highest BCUT2D eigenvalue weighted by molar-refractivity contribution is 5.77. The van der Waals surface area contributed by atoms with Crippen molar-refractivity contribution >= 4 is 5.97 Å². The molecule has 2 aliphatic carbocycles. The molecule has 25 heavy (non-hydrogen) atoms. The van der Waals surface area contributed by atoms with Gasteiger partial charge in [-0.25, -0.2) is 0 Å². The smallest absolute Gasteiger partial charge is 0.311 e. The summed E-state index contributed by atoms with van der Waals surface area (Å²) in [4.78, 5) is 12.6. The zero-order valence-corrected chi connectivity index (χ0v) is 16.3. The minimum Gasteiger partial charge on any atom is -0.469 e. The highest BCUT2D eigenvalue weighted by Crippen LogP contribution is 2.65. The summed E-state index contributed by atoms with van der Waals surface area (Å²) in [5, 5.41) is 9.87. The molecule has 3 rings (SSSR count). The number of ether oxygens (including phenoxy) is 2. The van der Waals surface area contributed by atoms with E-state index in [0.29, 0.717) is 11.8 Å². The van der Waals surface area contributed by atoms with Crippen LogP contribution >= 0.6 is 0 Å². The highest BCUT2D eigenvalue weighted by atomic mass is 16.5. The Hall–Kier alpha value is -0.870. The lowest BCUT2D eigenvalue weighted by atomic mass is 9.44. The van der Waals surface area contributed by atoms with Crippen LogP contribution in [0.1, 0.15) is 65.7 Å². The number of esters is 1. The molecular weight excluding hydrogens is 316 g/mol. The summed E-state index contributed by atoms with van der Waals surface area (Å²) in [5.74, 6) is 0.662. The number of aliphatic hydroxyl groups is 1. The summed E-state index contributed by atoms with van der Waals surface area (Å²) in [6.45, 7) is 10.6. The average Bonchev–Trinajstić information content (AvgIpc) is 2.59. The fourth-order valence-electron chi connectivity index (χ4n) is 6.74. The molecule has 1 heterocycles. The second-order valence-electron chi connectivity index (χ2n) is 9.29. The van der Waals surface area contributed by atoms with Crippen LogP contribution in [0.3, 0.4) is 0 Å². The average molecular weight is 350 g/mol. The zero-order valence-electron chi connectivity index (χ0n) is 16.3. The summed E-state index contributed by atoms with van der Waals surface area (Å²) in [7, 11) is 1.51. The summed E-state index contributed by atoms with van der Waals surface area (Å²) >= 11 is 0. The van der Waals surface area contributed by atoms with Crippen LogP contribution in [0, 0.1) is 22.7 Å². The Morgan fingerprint density at radius 3 is 2.48 bits per heavy atom. The first-order valence-electron chi connectivity index (χ1n) is 9.73. The van der Waals surface area contributed by atoms with Gasteiger partial charge in [0.05, 0.1) is 24.7 Å². The minimum absolute atomic E-state index is 0.0151. The maximum Gasteiger partial charge on any atom is 0.311 e. The van der Waals surface area contributed by atoms with E-state index < -0.39 is 11.0 Å². The Bertz CT molecular complexity index is 560. The van der Waals surface area contributed by atoms with Gasteiger partial charge < -0.3 is 14.6 Å². The Morgan fingerprint density at radius 2 is 1.88 bits per heavy atom. The number of rotatable bonds is 3. The van der Waals surface area contributed by atoms with Gasteiger partial charge in [-0.3, -0.25) is 4.79 Å². The van der Waals surface area contributed by atoms with E-state index in [1.165, 1.54) is 7.11 Å². The zero-order chi connectivity index (χ0) is 18.5. The molecule has 0 radical (unpaired) electrons. The monoisotopic (exact) mass is 350 g/mol. The molecule has 0 spiro atoms. The second kappa shape index (κ2) is 6.09. The van der Waals surface area contributed by atoms with E-state index in [1.54, 1.807) is 6.08 Å². The van der Waals surface area contributed by atoms with Crippen LogP contribution in [0.15, 0.2) is 12.7 Å². The number of aliphatic hydroxyl groups excluding tert-OH is 1. The van der Waals surface area contributed by atoms with Crippen molar-refractivity contribution in [3.8, 4) is 0 Å². The van der Waals surface area contributed by atoms with E-state index in [2.05, 4.69) is 27.4 Å². The third kappa shape index (κ3) is 2.59. The van der Waals surface area contributed by atoms with Gasteiger partial charge in [-0.2, -0.15) is 0 Å². The molecule has 3 aliphatic rings. The van der Waals surface area contributed by atoms with Crippen molar-refractivity contribution in [2.24, 2.45) is 22.7 Å². The topological polar surface area (TPSA) is 55.8 Å². The van der Waals surface area contributed by atoms with Crippen LogP contribution in [0.4, 0.5) is 0 Å². The van der Waals surface area contributed by atoms with E-state index in [1.807, 2.05) is 0 Å². The number of hydrogen-bond donors (Lipinski definition) is 1. The SMILES string of the molecule is C=C[C@@]1(CO)CC[C@@H]2[C@]3(C)CCC[C@](C)(C(=O)OC)[C@@H]3CC[C@]2(C)O1. The molecule has 0 bridgehead atoms. The van der Waals surface area contributed by atoms with E-state index in [4.69, 9.17) is 9.47 Å². The number of methoxy groups -OCH3 is 1. The molecule has 2 saturated carbocycles. The van der Waals surface area contributed by atoms with E-state index >= 15 is 0 Å². The summed E-state index contributed by atoms with van der Waals surface area (Å²) in [6.07, 6.45) is 8.57. The predicted octanol–water partition coefficient (Wildman–Crippen LogP) is 3.87. The molecule has 4 heteroatoms. The first-order valence-corrected chi connectivity index (χ1v) is 9.73. The van der Waals surface area contributed by atoms with Gasteiger partial charge in [0.25, 0.3) is 0 Å². The van der Waals surface area contributed by atoms with Crippen molar-refractivity contribution in [3.05, 3.63) is 12.7 Å². The van der Waals surface area contributed by atoms with E-state index in [-0.39, 0.29) is 23.6 Å². The van der Waals surface area contributed by atoms with Gasteiger partial charge >= 0.3 is 5.97 Å². The van der Waals surface area contributed by atoms with Crippen molar-refractivity contribution in [2.45, 2.75) is 76.9 Å². The Labute approximate surface area is 152 Å². The Morgan fingerprint density at radius 1 is 1.20 bits per heavy atom. The van der Waals surface area contributed by atoms with E-state index in [9.17, 15) is 9.90 Å². The molecule has 4 nitrogen and oxygen atoms in total. The molecule has 0 aromatic heterocycles. The third-order valence-electron chi connectivity index (χ3n) is 8.02. The highest BCUT2D eigenvalue weighted by Gasteiger charge is 2.64. The molecule has 0 aromatic rings. The standard InChI is InChI=1S/C21H34O4/c1-6-21(14-22)13-9-16-18(2)10-7-11-19(3,17(23)24-5)15(18)8-12-20(16,4)25-21/h6,15-16,22H,1,7-14H2,2-5H3/t15-,16-,18-,19+,20+,21+/m1/s1. The normalized spacial score (nSPS) is 49.6. The van der Waals surface area contributed by atoms with Crippen LogP contribution in [0.5, 0.6) is 0 Å². The van der Waals surface area contributed by atoms with Gasteiger partial charge in [-0.15, -0.1) is 6.58 Å². The lowest BCUT2D eigenvalue weighted by Crippen LogP contribution is -2.64. The fourth-order valence-corrected chi connectivity index (χ4v) is 6.74. The van der Waals surface area contributed by atoms with Crippen molar-refractivity contribution in [2.75, 3.05) is 13.7 Å². The summed E-state index contributed by atoms with van der Waals surface area (Å²) < 4.78 is 11.7. The van der Waals surface area contributed by atoms with Crippen LogP contribution in [0.2, 0.25) is 0 Å². The van der Waals surface area contributed by atoms with Gasteiger partial charge in [0.1, 0.15) is 5.60 Å². The molecular formula is C21H34O4. The van der Waals surface area contributed by atoms with Crippen molar-refractivity contribution in [3.63, 3.8) is 0 Å². The fraction of sp³-hybridized carbons (Fsp3) is 0.857. The van der Waals surface area contributed by atoms with Crippen LogP contribution in [-0.2, 0) is 14.3 Å². The molecule has 1 aliphatic heterocycles. The first-order chi connectivity index (χ1) is 11.7. The van der Waals surface area contributed by atoms with Crippen LogP contribution < -0.4 is 0 Å². The van der Waals surface area contributed by atoms with Gasteiger partial charge in [0.15, 0.2) is 0 Å². The number of carbonyl (C=O) groups excluding carboxylic acids is 1. The Balaban J connectivity index is 1.96. The van der Waals surface area contributed by atoms with Crippen LogP contribution in [0.25, 0.3) is 0 Å². The summed E-state index contributed by atoms with van der Waals surface area (Å²) in [6, 6.07) is 0. The lowest BCUT2D eigenvalue weighted by molar-refractivity contribution is -0.264.